The van der Waals surface area contributed by atoms with Crippen LogP contribution in [0, 0.1) is 12.3 Å². The summed E-state index contributed by atoms with van der Waals surface area (Å²) in [7, 11) is 0. The highest BCUT2D eigenvalue weighted by Gasteiger charge is 2.03. The number of terminal acetylenes is 1. The fraction of sp³-hybridized carbons (Fsp3) is 0.529. The fourth-order valence-electron chi connectivity index (χ4n) is 2.06. The highest BCUT2D eigenvalue weighted by molar-refractivity contribution is 5.25. The van der Waals surface area contributed by atoms with E-state index in [-0.39, 0.29) is 0 Å². The van der Waals surface area contributed by atoms with E-state index >= 15 is 0 Å². The van der Waals surface area contributed by atoms with Gasteiger partial charge < -0.3 is 0 Å². The Morgan fingerprint density at radius 2 is 1.82 bits per heavy atom. The van der Waals surface area contributed by atoms with Crippen LogP contribution in [0.2, 0.25) is 0 Å². The minimum absolute atomic E-state index is 0.481. The molecule has 0 aromatic heterocycles. The highest BCUT2D eigenvalue weighted by Crippen LogP contribution is 2.19. The summed E-state index contributed by atoms with van der Waals surface area (Å²) in [5.41, 5.74) is 2.82. The Morgan fingerprint density at radius 1 is 1.12 bits per heavy atom. The Kier molecular flexibility index (Phi) is 6.48. The summed E-state index contributed by atoms with van der Waals surface area (Å²) in [5.74, 6) is 3.21. The van der Waals surface area contributed by atoms with Gasteiger partial charge >= 0.3 is 0 Å². The molecule has 1 rings (SSSR count). The van der Waals surface area contributed by atoms with Crippen molar-refractivity contribution >= 4 is 0 Å². The zero-order valence-electron chi connectivity index (χ0n) is 11.2. The Labute approximate surface area is 106 Å². The van der Waals surface area contributed by atoms with Gasteiger partial charge in [0.2, 0.25) is 0 Å². The van der Waals surface area contributed by atoms with Crippen LogP contribution in [0.4, 0.5) is 0 Å². The molecule has 0 nitrogen and oxygen atoms in total. The van der Waals surface area contributed by atoms with Crippen LogP contribution >= 0.6 is 0 Å². The molecular weight excluding hydrogens is 204 g/mol. The van der Waals surface area contributed by atoms with E-state index in [2.05, 4.69) is 44.0 Å². The summed E-state index contributed by atoms with van der Waals surface area (Å²) in [6.45, 7) is 4.44. The molecule has 1 aromatic rings. The van der Waals surface area contributed by atoms with Crippen molar-refractivity contribution in [3.8, 4) is 12.3 Å². The maximum Gasteiger partial charge on any atom is 0.0152 e. The molecule has 1 aromatic carbocycles. The number of benzene rings is 1. The van der Waals surface area contributed by atoms with E-state index in [0.717, 1.165) is 6.42 Å². The molecule has 0 aliphatic rings. The first kappa shape index (κ1) is 13.8. The maximum atomic E-state index is 5.34. The molecule has 0 spiro atoms. The molecule has 1 atom stereocenters. The lowest BCUT2D eigenvalue weighted by atomic mass is 9.96. The summed E-state index contributed by atoms with van der Waals surface area (Å²) in [6.07, 6.45) is 12.7. The molecule has 0 radical (unpaired) electrons. The Bertz CT molecular complexity index is 339. The van der Waals surface area contributed by atoms with Crippen molar-refractivity contribution in [1.29, 1.82) is 0 Å². The summed E-state index contributed by atoms with van der Waals surface area (Å²) in [5, 5.41) is 0. The van der Waals surface area contributed by atoms with Crippen molar-refractivity contribution in [2.24, 2.45) is 0 Å². The minimum Gasteiger partial charge on any atom is -0.120 e. The van der Waals surface area contributed by atoms with Crippen LogP contribution in [0.15, 0.2) is 24.3 Å². The second-order valence-corrected chi connectivity index (χ2v) is 4.86. The molecular formula is C17H24. The topological polar surface area (TPSA) is 0 Å². The Balaban J connectivity index is 2.42. The van der Waals surface area contributed by atoms with Crippen molar-refractivity contribution in [2.75, 3.05) is 0 Å². The van der Waals surface area contributed by atoms with E-state index in [9.17, 15) is 0 Å². The van der Waals surface area contributed by atoms with Crippen molar-refractivity contribution in [2.45, 2.75) is 58.3 Å². The number of aryl methyl sites for hydroxylation is 1. The van der Waals surface area contributed by atoms with Crippen molar-refractivity contribution < 1.29 is 0 Å². The van der Waals surface area contributed by atoms with Crippen molar-refractivity contribution in [1.82, 2.24) is 0 Å². The SMILES string of the molecule is C#CCC(C)c1ccc(CCCCCC)cc1. The Hall–Kier alpha value is -1.22. The highest BCUT2D eigenvalue weighted by atomic mass is 14.1. The number of hydrogen-bond acceptors (Lipinski definition) is 0. The van der Waals surface area contributed by atoms with Gasteiger partial charge in [-0.2, -0.15) is 0 Å². The zero-order chi connectivity index (χ0) is 12.5. The minimum atomic E-state index is 0.481. The van der Waals surface area contributed by atoms with Crippen LogP contribution in [-0.2, 0) is 6.42 Å². The molecule has 0 saturated carbocycles. The van der Waals surface area contributed by atoms with Crippen molar-refractivity contribution in [3.63, 3.8) is 0 Å². The van der Waals surface area contributed by atoms with Crippen LogP contribution < -0.4 is 0 Å². The van der Waals surface area contributed by atoms with Crippen LogP contribution in [0.25, 0.3) is 0 Å². The molecule has 0 amide bonds. The van der Waals surface area contributed by atoms with E-state index in [1.54, 1.807) is 0 Å². The van der Waals surface area contributed by atoms with Gasteiger partial charge in [-0.1, -0.05) is 57.4 Å². The average Bonchev–Trinajstić information content (AvgIpc) is 2.36. The van der Waals surface area contributed by atoms with Gasteiger partial charge in [0, 0.05) is 6.42 Å². The van der Waals surface area contributed by atoms with Gasteiger partial charge in [-0.05, 0) is 29.9 Å². The van der Waals surface area contributed by atoms with Crippen LogP contribution in [0.5, 0.6) is 0 Å². The van der Waals surface area contributed by atoms with E-state index in [0.29, 0.717) is 5.92 Å². The molecule has 0 fully saturated rings. The molecule has 0 N–H and O–H groups in total. The third-order valence-corrected chi connectivity index (χ3v) is 3.29. The van der Waals surface area contributed by atoms with Gasteiger partial charge in [-0.25, -0.2) is 0 Å². The van der Waals surface area contributed by atoms with Gasteiger partial charge in [0.15, 0.2) is 0 Å². The summed E-state index contributed by atoms with van der Waals surface area (Å²) in [4.78, 5) is 0. The summed E-state index contributed by atoms with van der Waals surface area (Å²) < 4.78 is 0. The first-order valence-electron chi connectivity index (χ1n) is 6.80. The second-order valence-electron chi connectivity index (χ2n) is 4.86. The van der Waals surface area contributed by atoms with Gasteiger partial charge in [0.1, 0.15) is 0 Å². The van der Waals surface area contributed by atoms with Gasteiger partial charge in [0.05, 0.1) is 0 Å². The van der Waals surface area contributed by atoms with Crippen LogP contribution in [0.1, 0.15) is 63.0 Å². The van der Waals surface area contributed by atoms with E-state index in [1.807, 2.05) is 0 Å². The Morgan fingerprint density at radius 3 is 2.41 bits per heavy atom. The van der Waals surface area contributed by atoms with Crippen molar-refractivity contribution in [3.05, 3.63) is 35.4 Å². The molecule has 0 bridgehead atoms. The summed E-state index contributed by atoms with van der Waals surface area (Å²) >= 11 is 0. The van der Waals surface area contributed by atoms with Gasteiger partial charge in [-0.15, -0.1) is 12.3 Å². The number of rotatable bonds is 7. The maximum absolute atomic E-state index is 5.34. The predicted octanol–water partition coefficient (Wildman–Crippen LogP) is 4.94. The van der Waals surface area contributed by atoms with Crippen LogP contribution in [0.3, 0.4) is 0 Å². The largest absolute Gasteiger partial charge is 0.120 e. The first-order chi connectivity index (χ1) is 8.27. The second kappa shape index (κ2) is 7.96. The first-order valence-corrected chi connectivity index (χ1v) is 6.80. The van der Waals surface area contributed by atoms with Gasteiger partial charge in [0.25, 0.3) is 0 Å². The van der Waals surface area contributed by atoms with E-state index in [4.69, 9.17) is 6.42 Å². The number of hydrogen-bond donors (Lipinski definition) is 0. The lowest BCUT2D eigenvalue weighted by Crippen LogP contribution is -1.93. The lowest BCUT2D eigenvalue weighted by molar-refractivity contribution is 0.666. The number of unbranched alkanes of at least 4 members (excludes halogenated alkanes) is 3. The molecule has 0 aliphatic heterocycles. The molecule has 0 aliphatic carbocycles. The standard InChI is InChI=1S/C17H24/c1-4-6-7-8-10-16-11-13-17(14-12-16)15(3)9-5-2/h2,11-15H,4,6-10H2,1,3H3. The molecule has 0 heteroatoms. The quantitative estimate of drug-likeness (QED) is 0.458. The van der Waals surface area contributed by atoms with Gasteiger partial charge in [-0.3, -0.25) is 0 Å². The third-order valence-electron chi connectivity index (χ3n) is 3.29. The molecule has 92 valence electrons. The fourth-order valence-corrected chi connectivity index (χ4v) is 2.06. The average molecular weight is 228 g/mol. The molecule has 17 heavy (non-hydrogen) atoms. The molecule has 0 heterocycles. The monoisotopic (exact) mass is 228 g/mol. The lowest BCUT2D eigenvalue weighted by Gasteiger charge is -2.09. The van der Waals surface area contributed by atoms with E-state index < -0.39 is 0 Å². The zero-order valence-corrected chi connectivity index (χ0v) is 11.2. The predicted molar refractivity (Wildman–Crippen MR) is 76.2 cm³/mol. The summed E-state index contributed by atoms with van der Waals surface area (Å²) in [6, 6.07) is 8.98. The smallest absolute Gasteiger partial charge is 0.0152 e. The molecule has 1 unspecified atom stereocenters. The third kappa shape index (κ3) is 5.09. The van der Waals surface area contributed by atoms with Crippen LogP contribution in [-0.4, -0.2) is 0 Å². The normalized spacial score (nSPS) is 12.1. The van der Waals surface area contributed by atoms with E-state index in [1.165, 1.54) is 43.2 Å². The molecule has 0 saturated heterocycles.